The molecule has 1 unspecified atom stereocenters. The molecule has 4 saturated carbocycles. The van der Waals surface area contributed by atoms with Gasteiger partial charge in [-0.1, -0.05) is 128 Å². The molecule has 0 aliphatic heterocycles. The van der Waals surface area contributed by atoms with Gasteiger partial charge < -0.3 is 14.6 Å². The largest absolute Gasteiger partial charge is 0.373 e. The lowest BCUT2D eigenvalue weighted by Gasteiger charge is -2.72. The van der Waals surface area contributed by atoms with Gasteiger partial charge >= 0.3 is 0 Å². The topological polar surface area (TPSA) is 38.7 Å². The Labute approximate surface area is 285 Å². The van der Waals surface area contributed by atoms with Crippen LogP contribution in [0.4, 0.5) is 0 Å². The number of ether oxygens (including phenoxy) is 2. The van der Waals surface area contributed by atoms with Gasteiger partial charge in [0, 0.05) is 17.3 Å². The van der Waals surface area contributed by atoms with E-state index in [1.165, 1.54) is 31.2 Å². The van der Waals surface area contributed by atoms with Gasteiger partial charge in [0.15, 0.2) is 5.79 Å². The second kappa shape index (κ2) is 11.3. The fourth-order valence-corrected chi connectivity index (χ4v) is 12.6. The fourth-order valence-electron chi connectivity index (χ4n) is 12.6. The highest BCUT2D eigenvalue weighted by Gasteiger charge is 2.70. The average Bonchev–Trinajstić information content (AvgIpc) is 3.03. The van der Waals surface area contributed by atoms with E-state index in [0.717, 1.165) is 31.2 Å². The van der Waals surface area contributed by atoms with Crippen molar-refractivity contribution in [3.05, 3.63) is 83.4 Å². The summed E-state index contributed by atoms with van der Waals surface area (Å²) in [7, 11) is 0. The summed E-state index contributed by atoms with van der Waals surface area (Å²) in [6.45, 7) is 21.3. The molecule has 7 rings (SSSR count). The zero-order chi connectivity index (χ0) is 33.5. The van der Waals surface area contributed by atoms with Crippen LogP contribution < -0.4 is 0 Å². The highest BCUT2D eigenvalue weighted by Crippen LogP contribution is 2.76. The molecule has 0 radical (unpaired) electrons. The summed E-state index contributed by atoms with van der Waals surface area (Å²) in [5.41, 5.74) is 4.86. The van der Waals surface area contributed by atoms with Crippen molar-refractivity contribution in [3.63, 3.8) is 0 Å². The van der Waals surface area contributed by atoms with Crippen LogP contribution in [0.2, 0.25) is 0 Å². The van der Waals surface area contributed by atoms with Crippen LogP contribution in [0.3, 0.4) is 0 Å². The minimum absolute atomic E-state index is 0.164. The zero-order valence-corrected chi connectivity index (χ0v) is 30.7. The summed E-state index contributed by atoms with van der Waals surface area (Å²) in [6.07, 6.45) is 13.2. The van der Waals surface area contributed by atoms with Gasteiger partial charge in [-0.2, -0.15) is 0 Å². The van der Waals surface area contributed by atoms with Gasteiger partial charge in [-0.05, 0) is 102 Å². The van der Waals surface area contributed by atoms with Gasteiger partial charge in [0.1, 0.15) is 0 Å². The third kappa shape index (κ3) is 5.06. The fraction of sp³-hybridized carbons (Fsp3) is 0.682. The number of hydrogen-bond acceptors (Lipinski definition) is 3. The molecule has 0 aromatic heterocycles. The van der Waals surface area contributed by atoms with Gasteiger partial charge in [0.05, 0.1) is 19.3 Å². The maximum absolute atomic E-state index is 12.2. The Balaban J connectivity index is 1.17. The Hall–Kier alpha value is -1.94. The van der Waals surface area contributed by atoms with Crippen LogP contribution in [0.25, 0.3) is 0 Å². The van der Waals surface area contributed by atoms with E-state index < -0.39 is 5.79 Å². The predicted octanol–water partition coefficient (Wildman–Crippen LogP) is 10.9. The van der Waals surface area contributed by atoms with Gasteiger partial charge in [-0.25, -0.2) is 0 Å². The second-order valence-corrected chi connectivity index (χ2v) is 19.0. The Morgan fingerprint density at radius 3 is 1.96 bits per heavy atom. The molecule has 0 bridgehead atoms. The Kier molecular flexibility index (Phi) is 8.06. The summed E-state index contributed by atoms with van der Waals surface area (Å²) < 4.78 is 13.4. The quantitative estimate of drug-likeness (QED) is 0.253. The summed E-state index contributed by atoms with van der Waals surface area (Å²) in [4.78, 5) is 0. The van der Waals surface area contributed by atoms with Crippen molar-refractivity contribution >= 4 is 0 Å². The summed E-state index contributed by atoms with van der Waals surface area (Å²) in [5.74, 6) is 0.467. The van der Waals surface area contributed by atoms with Gasteiger partial charge in [0.25, 0.3) is 0 Å². The molecule has 0 spiro atoms. The number of rotatable bonds is 6. The first kappa shape index (κ1) is 33.6. The molecule has 47 heavy (non-hydrogen) atoms. The van der Waals surface area contributed by atoms with Crippen molar-refractivity contribution in [2.24, 2.45) is 50.2 Å². The van der Waals surface area contributed by atoms with Crippen molar-refractivity contribution in [2.45, 2.75) is 138 Å². The molecule has 1 N–H and O–H groups in total. The van der Waals surface area contributed by atoms with Crippen molar-refractivity contribution in [3.8, 4) is 0 Å². The molecule has 3 nitrogen and oxygen atoms in total. The minimum Gasteiger partial charge on any atom is -0.373 e. The molecule has 4 fully saturated rings. The van der Waals surface area contributed by atoms with Gasteiger partial charge in [0.2, 0.25) is 0 Å². The van der Waals surface area contributed by atoms with E-state index in [1.807, 2.05) is 6.07 Å². The Morgan fingerprint density at radius 1 is 0.681 bits per heavy atom. The number of allylic oxidation sites excluding steroid dienone is 2. The van der Waals surface area contributed by atoms with E-state index in [2.05, 4.69) is 116 Å². The first-order valence-electron chi connectivity index (χ1n) is 18.8. The number of fused-ring (bicyclic) bond motifs is 7. The van der Waals surface area contributed by atoms with Crippen molar-refractivity contribution in [1.29, 1.82) is 0 Å². The van der Waals surface area contributed by atoms with E-state index >= 15 is 0 Å². The van der Waals surface area contributed by atoms with Crippen LogP contribution >= 0.6 is 0 Å². The second-order valence-electron chi connectivity index (χ2n) is 19.0. The van der Waals surface area contributed by atoms with Gasteiger partial charge in [-0.3, -0.25) is 0 Å². The van der Waals surface area contributed by atoms with Crippen LogP contribution in [0.15, 0.2) is 72.3 Å². The molecular formula is C44H62O3. The van der Waals surface area contributed by atoms with Crippen LogP contribution in [0.5, 0.6) is 0 Å². The van der Waals surface area contributed by atoms with Gasteiger partial charge in [-0.15, -0.1) is 0 Å². The summed E-state index contributed by atoms with van der Waals surface area (Å²) in [6, 6.07) is 21.1. The molecule has 256 valence electrons. The minimum atomic E-state index is -1.12. The highest BCUT2D eigenvalue weighted by atomic mass is 16.6. The van der Waals surface area contributed by atoms with E-state index in [4.69, 9.17) is 9.47 Å². The third-order valence-corrected chi connectivity index (χ3v) is 15.8. The molecule has 9 atom stereocenters. The van der Waals surface area contributed by atoms with Crippen LogP contribution in [0, 0.1) is 50.2 Å². The van der Waals surface area contributed by atoms with Crippen LogP contribution in [0.1, 0.15) is 124 Å². The smallest absolute Gasteiger partial charge is 0.171 e. The molecular weight excluding hydrogens is 576 g/mol. The standard InChI is InChI=1S/C44H62O3/c1-38(2)27-34-33-19-20-36-41(6)24-26-44(45,47-30-32-17-13-10-14-18-32)39(3,4)35(41)21-22-43(36,8)42(33,7)25-23-40(34,5)37(28-38)46-29-31-15-11-9-12-16-31/h9-19,34-37,45H,20-30H2,1-8H3/t34-,35?,36-,37-,40-,41+,42-,43-,44+/m1/s1. The number of hydrogen-bond donors (Lipinski definition) is 1. The molecule has 5 aliphatic carbocycles. The molecule has 2 aromatic carbocycles. The maximum Gasteiger partial charge on any atom is 0.171 e. The van der Waals surface area contributed by atoms with Crippen molar-refractivity contribution in [1.82, 2.24) is 0 Å². The SMILES string of the molecule is CC1(C)C[C@@H]2C3=CC[C@@H]4[C@@]5(C)CC[C@](O)(OCc6ccccc6)C(C)(C)C5CC[C@@]4(C)[C@]3(C)CC[C@@]2(C)[C@H](OCc2ccccc2)C1. The lowest BCUT2D eigenvalue weighted by molar-refractivity contribution is -0.335. The predicted molar refractivity (Wildman–Crippen MR) is 191 cm³/mol. The molecule has 0 heterocycles. The Morgan fingerprint density at radius 2 is 1.30 bits per heavy atom. The zero-order valence-electron chi connectivity index (χ0n) is 30.7. The number of benzene rings is 2. The first-order chi connectivity index (χ1) is 22.1. The van der Waals surface area contributed by atoms with E-state index in [9.17, 15) is 5.11 Å². The monoisotopic (exact) mass is 638 g/mol. The summed E-state index contributed by atoms with van der Waals surface area (Å²) >= 11 is 0. The molecule has 0 saturated heterocycles. The maximum atomic E-state index is 12.2. The average molecular weight is 639 g/mol. The highest BCUT2D eigenvalue weighted by molar-refractivity contribution is 5.34. The summed E-state index contributed by atoms with van der Waals surface area (Å²) in [5, 5.41) is 12.2. The normalized spacial score (nSPS) is 43.5. The van der Waals surface area contributed by atoms with E-state index in [0.29, 0.717) is 37.4 Å². The van der Waals surface area contributed by atoms with Crippen molar-refractivity contribution in [2.75, 3.05) is 0 Å². The van der Waals surface area contributed by atoms with Crippen LogP contribution in [-0.2, 0) is 22.7 Å². The first-order valence-corrected chi connectivity index (χ1v) is 18.8. The molecule has 2 aromatic rings. The van der Waals surface area contributed by atoms with Crippen molar-refractivity contribution < 1.29 is 14.6 Å². The lowest BCUT2D eigenvalue weighted by Crippen LogP contribution is -2.67. The number of aliphatic hydroxyl groups is 1. The van der Waals surface area contributed by atoms with E-state index in [-0.39, 0.29) is 38.6 Å². The van der Waals surface area contributed by atoms with E-state index in [1.54, 1.807) is 5.57 Å². The van der Waals surface area contributed by atoms with Crippen LogP contribution in [-0.4, -0.2) is 17.0 Å². The molecule has 5 aliphatic rings. The lowest BCUT2D eigenvalue weighted by atomic mass is 9.33. The Bertz CT molecular complexity index is 1480. The molecule has 3 heteroatoms. The third-order valence-electron chi connectivity index (χ3n) is 15.8. The molecule has 0 amide bonds.